The fourth-order valence-electron chi connectivity index (χ4n) is 2.29. The van der Waals surface area contributed by atoms with Gasteiger partial charge in [0.25, 0.3) is 0 Å². The Labute approximate surface area is 157 Å². The van der Waals surface area contributed by atoms with Crippen molar-refractivity contribution in [2.75, 3.05) is 13.2 Å². The summed E-state index contributed by atoms with van der Waals surface area (Å²) in [7, 11) is 0. The number of aryl methyl sites for hydroxylation is 1. The average Bonchev–Trinajstić information content (AvgIpc) is 2.64. The highest BCUT2D eigenvalue weighted by atomic mass is 35.5. The molecule has 2 rings (SSSR count). The molecular weight excluding hydrogens is 354 g/mol. The van der Waals surface area contributed by atoms with Crippen LogP contribution in [0.3, 0.4) is 0 Å². The zero-order valence-corrected chi connectivity index (χ0v) is 15.3. The Kier molecular flexibility index (Phi) is 7.63. The minimum Gasteiger partial charge on any atom is -0.491 e. The van der Waals surface area contributed by atoms with Crippen molar-refractivity contribution >= 4 is 23.3 Å². The van der Waals surface area contributed by atoms with Gasteiger partial charge in [-0.1, -0.05) is 29.8 Å². The maximum Gasteiger partial charge on any atom is 0.220 e. The lowest BCUT2D eigenvalue weighted by atomic mass is 10.1. The van der Waals surface area contributed by atoms with E-state index in [4.69, 9.17) is 16.3 Å². The van der Waals surface area contributed by atoms with Gasteiger partial charge in [-0.3, -0.25) is 9.59 Å². The molecule has 0 saturated carbocycles. The van der Waals surface area contributed by atoms with E-state index in [1.165, 1.54) is 0 Å². The lowest BCUT2D eigenvalue weighted by Gasteiger charge is -2.14. The van der Waals surface area contributed by atoms with E-state index < -0.39 is 6.10 Å². The van der Waals surface area contributed by atoms with Crippen molar-refractivity contribution < 1.29 is 19.4 Å². The SMILES string of the molecule is Cc1ccccc1OCC(O)CNC(=O)CCC(=O)c1ccc(Cl)cc1. The first-order valence-electron chi connectivity index (χ1n) is 8.37. The molecule has 5 nitrogen and oxygen atoms in total. The van der Waals surface area contributed by atoms with Gasteiger partial charge in [0, 0.05) is 30.0 Å². The monoisotopic (exact) mass is 375 g/mol. The molecule has 26 heavy (non-hydrogen) atoms. The van der Waals surface area contributed by atoms with Crippen molar-refractivity contribution in [3.8, 4) is 5.75 Å². The van der Waals surface area contributed by atoms with Gasteiger partial charge in [-0.25, -0.2) is 0 Å². The molecule has 138 valence electrons. The van der Waals surface area contributed by atoms with Crippen molar-refractivity contribution in [3.63, 3.8) is 0 Å². The number of halogens is 1. The molecule has 1 atom stereocenters. The van der Waals surface area contributed by atoms with Crippen LogP contribution in [0.5, 0.6) is 5.75 Å². The lowest BCUT2D eigenvalue weighted by molar-refractivity contribution is -0.121. The Morgan fingerprint density at radius 2 is 1.81 bits per heavy atom. The Hall–Kier alpha value is -2.37. The number of aliphatic hydroxyl groups excluding tert-OH is 1. The van der Waals surface area contributed by atoms with E-state index >= 15 is 0 Å². The highest BCUT2D eigenvalue weighted by Gasteiger charge is 2.12. The molecule has 0 aliphatic heterocycles. The van der Waals surface area contributed by atoms with E-state index in [1.54, 1.807) is 24.3 Å². The largest absolute Gasteiger partial charge is 0.491 e. The maximum absolute atomic E-state index is 12.0. The van der Waals surface area contributed by atoms with Gasteiger partial charge in [-0.15, -0.1) is 0 Å². The van der Waals surface area contributed by atoms with E-state index in [0.717, 1.165) is 5.56 Å². The zero-order valence-electron chi connectivity index (χ0n) is 14.6. The molecule has 0 spiro atoms. The first-order chi connectivity index (χ1) is 12.5. The third kappa shape index (κ3) is 6.50. The number of nitrogens with one attached hydrogen (secondary N) is 1. The molecule has 0 fully saturated rings. The molecule has 0 radical (unpaired) electrons. The third-order valence-electron chi connectivity index (χ3n) is 3.80. The molecule has 2 aromatic carbocycles. The zero-order chi connectivity index (χ0) is 18.9. The Morgan fingerprint density at radius 3 is 2.50 bits per heavy atom. The molecule has 0 aliphatic rings. The number of carbonyl (C=O) groups is 2. The third-order valence-corrected chi connectivity index (χ3v) is 4.06. The van der Waals surface area contributed by atoms with Crippen molar-refractivity contribution in [2.45, 2.75) is 25.9 Å². The molecule has 0 bridgehead atoms. The standard InChI is InChI=1S/C20H22ClNO4/c1-14-4-2-3-5-19(14)26-13-17(23)12-22-20(25)11-10-18(24)15-6-8-16(21)9-7-15/h2-9,17,23H,10-13H2,1H3,(H,22,25). The number of amides is 1. The summed E-state index contributed by atoms with van der Waals surface area (Å²) in [6.45, 7) is 2.07. The van der Waals surface area contributed by atoms with Gasteiger partial charge in [-0.2, -0.15) is 0 Å². The second-order valence-corrected chi connectivity index (χ2v) is 6.40. The van der Waals surface area contributed by atoms with Crippen molar-refractivity contribution in [1.29, 1.82) is 0 Å². The Morgan fingerprint density at radius 1 is 1.12 bits per heavy atom. The van der Waals surface area contributed by atoms with Crippen molar-refractivity contribution in [3.05, 3.63) is 64.7 Å². The molecule has 0 aliphatic carbocycles. The van der Waals surface area contributed by atoms with Crippen LogP contribution in [0, 0.1) is 6.92 Å². The summed E-state index contributed by atoms with van der Waals surface area (Å²) in [5.41, 5.74) is 1.50. The molecular formula is C20H22ClNO4. The van der Waals surface area contributed by atoms with Crippen LogP contribution in [0.15, 0.2) is 48.5 Å². The molecule has 0 heterocycles. The van der Waals surface area contributed by atoms with Gasteiger partial charge in [0.05, 0.1) is 0 Å². The van der Waals surface area contributed by atoms with Crippen LogP contribution in [0.25, 0.3) is 0 Å². The van der Waals surface area contributed by atoms with Crippen LogP contribution in [-0.2, 0) is 4.79 Å². The first kappa shape index (κ1) is 19.9. The number of hydrogen-bond donors (Lipinski definition) is 2. The van der Waals surface area contributed by atoms with Crippen molar-refractivity contribution in [2.24, 2.45) is 0 Å². The smallest absolute Gasteiger partial charge is 0.220 e. The predicted molar refractivity (Wildman–Crippen MR) is 101 cm³/mol. The molecule has 0 saturated heterocycles. The number of benzene rings is 2. The quantitative estimate of drug-likeness (QED) is 0.660. The van der Waals surface area contributed by atoms with Gasteiger partial charge in [0.15, 0.2) is 5.78 Å². The summed E-state index contributed by atoms with van der Waals surface area (Å²) in [6.07, 6.45) is -0.665. The van der Waals surface area contributed by atoms with Gasteiger partial charge in [0.1, 0.15) is 18.5 Å². The fraction of sp³-hybridized carbons (Fsp3) is 0.300. The second-order valence-electron chi connectivity index (χ2n) is 5.96. The number of Topliss-reactive ketones (excluding diaryl/α,β-unsaturated/α-hetero) is 1. The number of aliphatic hydroxyl groups is 1. The predicted octanol–water partition coefficient (Wildman–Crippen LogP) is 3.17. The maximum atomic E-state index is 12.0. The van der Waals surface area contributed by atoms with Gasteiger partial charge in [-0.05, 0) is 42.8 Å². The van der Waals surface area contributed by atoms with Gasteiger partial charge < -0.3 is 15.2 Å². The Bertz CT molecular complexity index is 746. The topological polar surface area (TPSA) is 75.6 Å². The van der Waals surface area contributed by atoms with Crippen LogP contribution in [0.1, 0.15) is 28.8 Å². The number of hydrogen-bond acceptors (Lipinski definition) is 4. The molecule has 2 aromatic rings. The summed E-state index contributed by atoms with van der Waals surface area (Å²) >= 11 is 5.78. The lowest BCUT2D eigenvalue weighted by Crippen LogP contribution is -2.35. The number of para-hydroxylation sites is 1. The molecule has 0 aromatic heterocycles. The van der Waals surface area contributed by atoms with E-state index in [-0.39, 0.29) is 37.7 Å². The summed E-state index contributed by atoms with van der Waals surface area (Å²) in [5.74, 6) is 0.286. The summed E-state index contributed by atoms with van der Waals surface area (Å²) < 4.78 is 5.53. The highest BCUT2D eigenvalue weighted by Crippen LogP contribution is 2.16. The average molecular weight is 376 g/mol. The minimum atomic E-state index is -0.828. The second kappa shape index (κ2) is 9.94. The van der Waals surface area contributed by atoms with E-state index in [0.29, 0.717) is 16.3 Å². The summed E-state index contributed by atoms with van der Waals surface area (Å²) in [4.78, 5) is 23.8. The van der Waals surface area contributed by atoms with Gasteiger partial charge in [0.2, 0.25) is 5.91 Å². The number of carbonyl (C=O) groups excluding carboxylic acids is 2. The fourth-order valence-corrected chi connectivity index (χ4v) is 2.42. The Balaban J connectivity index is 1.67. The van der Waals surface area contributed by atoms with E-state index in [9.17, 15) is 14.7 Å². The van der Waals surface area contributed by atoms with Gasteiger partial charge >= 0.3 is 0 Å². The first-order valence-corrected chi connectivity index (χ1v) is 8.75. The highest BCUT2D eigenvalue weighted by molar-refractivity contribution is 6.30. The van der Waals surface area contributed by atoms with Crippen LogP contribution in [-0.4, -0.2) is 36.1 Å². The van der Waals surface area contributed by atoms with Crippen LogP contribution >= 0.6 is 11.6 Å². The number of ketones is 1. The molecule has 1 amide bonds. The van der Waals surface area contributed by atoms with Crippen LogP contribution in [0.4, 0.5) is 0 Å². The molecule has 2 N–H and O–H groups in total. The summed E-state index contributed by atoms with van der Waals surface area (Å²) in [6, 6.07) is 14.0. The van der Waals surface area contributed by atoms with Crippen LogP contribution < -0.4 is 10.1 Å². The van der Waals surface area contributed by atoms with E-state index in [1.807, 2.05) is 31.2 Å². The molecule has 1 unspecified atom stereocenters. The van der Waals surface area contributed by atoms with E-state index in [2.05, 4.69) is 5.32 Å². The normalized spacial score (nSPS) is 11.7. The number of rotatable bonds is 9. The van der Waals surface area contributed by atoms with Crippen LogP contribution in [0.2, 0.25) is 5.02 Å². The number of ether oxygens (including phenoxy) is 1. The minimum absolute atomic E-state index is 0.0623. The molecule has 6 heteroatoms. The summed E-state index contributed by atoms with van der Waals surface area (Å²) in [5, 5.41) is 13.1. The van der Waals surface area contributed by atoms with Crippen molar-refractivity contribution in [1.82, 2.24) is 5.32 Å².